The van der Waals surface area contributed by atoms with Gasteiger partial charge in [0.15, 0.2) is 0 Å². The first kappa shape index (κ1) is 14.2. The molecular formula is C16H24O3. The highest BCUT2D eigenvalue weighted by atomic mass is 16.5. The van der Waals surface area contributed by atoms with Gasteiger partial charge in [-0.05, 0) is 37.8 Å². The van der Waals surface area contributed by atoms with Crippen molar-refractivity contribution in [2.24, 2.45) is 5.92 Å². The molecule has 0 bridgehead atoms. The van der Waals surface area contributed by atoms with Crippen LogP contribution in [0.25, 0.3) is 0 Å². The van der Waals surface area contributed by atoms with Crippen molar-refractivity contribution in [2.75, 3.05) is 7.11 Å². The van der Waals surface area contributed by atoms with E-state index in [0.29, 0.717) is 12.3 Å². The van der Waals surface area contributed by atoms with Gasteiger partial charge in [-0.25, -0.2) is 0 Å². The number of hydrogen-bond donors (Lipinski definition) is 1. The summed E-state index contributed by atoms with van der Waals surface area (Å²) in [5, 5.41) is 10.3. The van der Waals surface area contributed by atoms with E-state index in [2.05, 4.69) is 20.8 Å². The second-order valence-electron chi connectivity index (χ2n) is 6.11. The molecule has 0 amide bonds. The number of ether oxygens (including phenoxy) is 2. The minimum Gasteiger partial charge on any atom is -0.497 e. The quantitative estimate of drug-likeness (QED) is 0.901. The van der Waals surface area contributed by atoms with Crippen molar-refractivity contribution in [3.05, 3.63) is 23.8 Å². The molecule has 1 N–H and O–H groups in total. The second-order valence-corrected chi connectivity index (χ2v) is 6.11. The standard InChI is InChI=1S/C16H24O3/c1-11(2)7-8-16(3)10-14(17)13-6-5-12(18-4)9-15(13)19-16/h5-6,9,11,14,17H,7-8,10H2,1-4H3/t14-,16?/m0/s1. The molecule has 3 nitrogen and oxygen atoms in total. The fourth-order valence-electron chi connectivity index (χ4n) is 2.58. The van der Waals surface area contributed by atoms with E-state index in [1.165, 1.54) is 0 Å². The molecule has 0 aliphatic carbocycles. The van der Waals surface area contributed by atoms with Gasteiger partial charge in [0.05, 0.1) is 13.2 Å². The number of methoxy groups -OCH3 is 1. The first-order valence-corrected chi connectivity index (χ1v) is 6.98. The zero-order chi connectivity index (χ0) is 14.0. The van der Waals surface area contributed by atoms with E-state index in [4.69, 9.17) is 9.47 Å². The summed E-state index contributed by atoms with van der Waals surface area (Å²) in [7, 11) is 1.64. The monoisotopic (exact) mass is 264 g/mol. The van der Waals surface area contributed by atoms with Crippen LogP contribution in [0.2, 0.25) is 0 Å². The number of aliphatic hydroxyl groups excluding tert-OH is 1. The molecule has 0 saturated heterocycles. The summed E-state index contributed by atoms with van der Waals surface area (Å²) < 4.78 is 11.4. The molecule has 1 heterocycles. The Balaban J connectivity index is 2.21. The molecule has 0 radical (unpaired) electrons. The molecule has 19 heavy (non-hydrogen) atoms. The third-order valence-corrected chi connectivity index (χ3v) is 3.81. The minimum absolute atomic E-state index is 0.289. The fourth-order valence-corrected chi connectivity index (χ4v) is 2.58. The van der Waals surface area contributed by atoms with Gasteiger partial charge in [-0.15, -0.1) is 0 Å². The van der Waals surface area contributed by atoms with Gasteiger partial charge in [-0.1, -0.05) is 13.8 Å². The molecule has 1 aliphatic heterocycles. The molecule has 2 atom stereocenters. The molecule has 1 aliphatic rings. The van der Waals surface area contributed by atoms with Crippen LogP contribution in [0.5, 0.6) is 11.5 Å². The number of rotatable bonds is 4. The molecule has 0 spiro atoms. The summed E-state index contributed by atoms with van der Waals surface area (Å²) in [4.78, 5) is 0. The van der Waals surface area contributed by atoms with E-state index in [1.54, 1.807) is 7.11 Å². The number of hydrogen-bond acceptors (Lipinski definition) is 3. The van der Waals surface area contributed by atoms with Crippen molar-refractivity contribution in [3.63, 3.8) is 0 Å². The van der Waals surface area contributed by atoms with Crippen LogP contribution in [-0.2, 0) is 0 Å². The molecule has 0 saturated carbocycles. The fraction of sp³-hybridized carbons (Fsp3) is 0.625. The number of fused-ring (bicyclic) bond motifs is 1. The van der Waals surface area contributed by atoms with Gasteiger partial charge in [0.25, 0.3) is 0 Å². The summed E-state index contributed by atoms with van der Waals surface area (Å²) >= 11 is 0. The van der Waals surface area contributed by atoms with Crippen LogP contribution in [-0.4, -0.2) is 17.8 Å². The Bertz CT molecular complexity index is 442. The van der Waals surface area contributed by atoms with E-state index >= 15 is 0 Å². The first-order chi connectivity index (χ1) is 8.93. The van der Waals surface area contributed by atoms with Gasteiger partial charge in [0.2, 0.25) is 0 Å². The van der Waals surface area contributed by atoms with Crippen molar-refractivity contribution < 1.29 is 14.6 Å². The van der Waals surface area contributed by atoms with Crippen LogP contribution in [0.1, 0.15) is 51.7 Å². The van der Waals surface area contributed by atoms with Gasteiger partial charge in [-0.2, -0.15) is 0 Å². The van der Waals surface area contributed by atoms with Crippen LogP contribution in [0, 0.1) is 5.92 Å². The summed E-state index contributed by atoms with van der Waals surface area (Å²) in [6.45, 7) is 6.50. The van der Waals surface area contributed by atoms with Crippen molar-refractivity contribution in [3.8, 4) is 11.5 Å². The third-order valence-electron chi connectivity index (χ3n) is 3.81. The smallest absolute Gasteiger partial charge is 0.129 e. The normalized spacial score (nSPS) is 25.9. The van der Waals surface area contributed by atoms with Gasteiger partial charge in [0.1, 0.15) is 17.1 Å². The van der Waals surface area contributed by atoms with E-state index < -0.39 is 6.10 Å². The van der Waals surface area contributed by atoms with Crippen molar-refractivity contribution in [1.82, 2.24) is 0 Å². The molecule has 0 fully saturated rings. The van der Waals surface area contributed by atoms with Gasteiger partial charge in [0, 0.05) is 18.1 Å². The van der Waals surface area contributed by atoms with E-state index in [0.717, 1.165) is 29.9 Å². The van der Waals surface area contributed by atoms with Crippen molar-refractivity contribution in [2.45, 2.75) is 51.7 Å². The van der Waals surface area contributed by atoms with Crippen LogP contribution in [0.15, 0.2) is 18.2 Å². The van der Waals surface area contributed by atoms with Crippen molar-refractivity contribution in [1.29, 1.82) is 0 Å². The third kappa shape index (κ3) is 3.21. The lowest BCUT2D eigenvalue weighted by Crippen LogP contribution is -2.38. The topological polar surface area (TPSA) is 38.7 Å². The zero-order valence-corrected chi connectivity index (χ0v) is 12.3. The molecule has 0 aromatic heterocycles. The average Bonchev–Trinajstić information content (AvgIpc) is 2.35. The SMILES string of the molecule is COc1ccc2c(c1)OC(C)(CCC(C)C)C[C@@H]2O. The lowest BCUT2D eigenvalue weighted by molar-refractivity contribution is -0.0102. The van der Waals surface area contributed by atoms with E-state index in [1.807, 2.05) is 18.2 Å². The van der Waals surface area contributed by atoms with Gasteiger partial charge >= 0.3 is 0 Å². The van der Waals surface area contributed by atoms with Gasteiger partial charge < -0.3 is 14.6 Å². The van der Waals surface area contributed by atoms with Crippen LogP contribution >= 0.6 is 0 Å². The Morgan fingerprint density at radius 1 is 1.47 bits per heavy atom. The number of benzene rings is 1. The van der Waals surface area contributed by atoms with Crippen LogP contribution in [0.4, 0.5) is 0 Å². The van der Waals surface area contributed by atoms with Crippen LogP contribution < -0.4 is 9.47 Å². The van der Waals surface area contributed by atoms with Gasteiger partial charge in [-0.3, -0.25) is 0 Å². The maximum Gasteiger partial charge on any atom is 0.129 e. The summed E-state index contributed by atoms with van der Waals surface area (Å²) in [6, 6.07) is 5.62. The molecule has 1 aromatic carbocycles. The molecule has 1 unspecified atom stereocenters. The predicted molar refractivity (Wildman–Crippen MR) is 75.7 cm³/mol. The molecular weight excluding hydrogens is 240 g/mol. The molecule has 2 rings (SSSR count). The molecule has 3 heteroatoms. The highest BCUT2D eigenvalue weighted by Gasteiger charge is 2.36. The maximum atomic E-state index is 10.3. The van der Waals surface area contributed by atoms with Crippen molar-refractivity contribution >= 4 is 0 Å². The highest BCUT2D eigenvalue weighted by Crippen LogP contribution is 2.43. The van der Waals surface area contributed by atoms with Crippen LogP contribution in [0.3, 0.4) is 0 Å². The van der Waals surface area contributed by atoms with E-state index in [9.17, 15) is 5.11 Å². The predicted octanol–water partition coefficient (Wildman–Crippen LogP) is 3.71. The average molecular weight is 264 g/mol. The molecule has 106 valence electrons. The lowest BCUT2D eigenvalue weighted by atomic mass is 9.85. The Morgan fingerprint density at radius 3 is 2.84 bits per heavy atom. The number of aliphatic hydroxyl groups is 1. The van der Waals surface area contributed by atoms with E-state index in [-0.39, 0.29) is 5.60 Å². The Kier molecular flexibility index (Phi) is 4.04. The summed E-state index contributed by atoms with van der Waals surface area (Å²) in [5.74, 6) is 2.16. The Hall–Kier alpha value is -1.22. The Labute approximate surface area is 115 Å². The highest BCUT2D eigenvalue weighted by molar-refractivity contribution is 5.43. The summed E-state index contributed by atoms with van der Waals surface area (Å²) in [5.41, 5.74) is 0.575. The zero-order valence-electron chi connectivity index (χ0n) is 12.3. The minimum atomic E-state index is -0.452. The Morgan fingerprint density at radius 2 is 2.21 bits per heavy atom. The maximum absolute atomic E-state index is 10.3. The first-order valence-electron chi connectivity index (χ1n) is 6.98. The summed E-state index contributed by atoms with van der Waals surface area (Å²) in [6.07, 6.45) is 2.26. The lowest BCUT2D eigenvalue weighted by Gasteiger charge is -2.38. The second kappa shape index (κ2) is 5.41. The largest absolute Gasteiger partial charge is 0.497 e. The molecule has 1 aromatic rings.